The summed E-state index contributed by atoms with van der Waals surface area (Å²) >= 11 is 0. The molecule has 0 radical (unpaired) electrons. The van der Waals surface area contributed by atoms with Crippen molar-refractivity contribution in [3.63, 3.8) is 0 Å². The highest BCUT2D eigenvalue weighted by molar-refractivity contribution is 5.86. The molecule has 2 fully saturated rings. The van der Waals surface area contributed by atoms with E-state index in [0.717, 1.165) is 44.5 Å². The van der Waals surface area contributed by atoms with Gasteiger partial charge in [-0.2, -0.15) is 0 Å². The van der Waals surface area contributed by atoms with E-state index in [1.807, 2.05) is 0 Å². The third kappa shape index (κ3) is 2.09. The van der Waals surface area contributed by atoms with E-state index in [-0.39, 0.29) is 11.7 Å². The molecule has 4 heteroatoms. The molecular formula is C12H23N2O2+. The first kappa shape index (κ1) is 11.9. The Labute approximate surface area is 97.5 Å². The summed E-state index contributed by atoms with van der Waals surface area (Å²) in [5.74, 6) is 0. The fourth-order valence-electron chi connectivity index (χ4n) is 2.82. The molecule has 2 heterocycles. The van der Waals surface area contributed by atoms with Gasteiger partial charge in [0.05, 0.1) is 12.0 Å². The van der Waals surface area contributed by atoms with E-state index in [1.165, 1.54) is 4.74 Å². The number of nitrogens with zero attached hydrogens (tertiary/aromatic N) is 2. The molecule has 0 aromatic heterocycles. The first-order chi connectivity index (χ1) is 7.56. The maximum atomic E-state index is 9.63. The number of rotatable bonds is 1. The molecule has 92 valence electrons. The Morgan fingerprint density at radius 1 is 1.50 bits per heavy atom. The van der Waals surface area contributed by atoms with Crippen LogP contribution in [0.1, 0.15) is 32.6 Å². The van der Waals surface area contributed by atoms with E-state index in [4.69, 9.17) is 4.74 Å². The summed E-state index contributed by atoms with van der Waals surface area (Å²) in [6.07, 6.45) is 4.11. The molecule has 1 unspecified atom stereocenters. The van der Waals surface area contributed by atoms with Gasteiger partial charge in [0.15, 0.2) is 7.05 Å². The maximum absolute atomic E-state index is 9.63. The van der Waals surface area contributed by atoms with E-state index in [2.05, 4.69) is 18.9 Å². The average Bonchev–Trinajstić information content (AvgIpc) is 2.63. The lowest BCUT2D eigenvalue weighted by Crippen LogP contribution is -2.42. The highest BCUT2D eigenvalue weighted by Crippen LogP contribution is 2.37. The standard InChI is InChI=1S/C12H23N2O2/c1-4-11-10(14(3)15)9-12(16-11)5-7-13(2)8-6-12/h11,15H,4-9H2,1-3H3/q+1/b14-10-. The third-order valence-electron chi connectivity index (χ3n) is 3.95. The number of likely N-dealkylation sites (tertiary alicyclic amines) is 1. The Hall–Kier alpha value is -0.610. The minimum atomic E-state index is -0.000486. The first-order valence-corrected chi connectivity index (χ1v) is 6.21. The number of hydrogen-bond donors (Lipinski definition) is 1. The van der Waals surface area contributed by atoms with Crippen LogP contribution in [-0.4, -0.2) is 59.4 Å². The van der Waals surface area contributed by atoms with Crippen molar-refractivity contribution in [2.24, 2.45) is 0 Å². The van der Waals surface area contributed by atoms with Crippen LogP contribution >= 0.6 is 0 Å². The van der Waals surface area contributed by atoms with Gasteiger partial charge in [0.2, 0.25) is 5.71 Å². The van der Waals surface area contributed by atoms with Crippen LogP contribution in [0.25, 0.3) is 0 Å². The second-order valence-corrected chi connectivity index (χ2v) is 5.19. The van der Waals surface area contributed by atoms with E-state index in [1.54, 1.807) is 7.05 Å². The topological polar surface area (TPSA) is 35.7 Å². The molecule has 0 bridgehead atoms. The van der Waals surface area contributed by atoms with Crippen molar-refractivity contribution in [2.45, 2.75) is 44.3 Å². The molecule has 0 amide bonds. The van der Waals surface area contributed by atoms with E-state index < -0.39 is 0 Å². The van der Waals surface area contributed by atoms with Crippen LogP contribution in [0.5, 0.6) is 0 Å². The van der Waals surface area contributed by atoms with E-state index in [0.29, 0.717) is 0 Å². The van der Waals surface area contributed by atoms with E-state index >= 15 is 0 Å². The Morgan fingerprint density at radius 2 is 2.12 bits per heavy atom. The molecule has 2 rings (SSSR count). The Morgan fingerprint density at radius 3 is 2.56 bits per heavy atom. The fraction of sp³-hybridized carbons (Fsp3) is 0.917. The summed E-state index contributed by atoms with van der Waals surface area (Å²) in [7, 11) is 3.86. The number of hydrogen-bond acceptors (Lipinski definition) is 3. The molecule has 1 N–H and O–H groups in total. The lowest BCUT2D eigenvalue weighted by Gasteiger charge is -2.36. The van der Waals surface area contributed by atoms with Gasteiger partial charge < -0.3 is 9.64 Å². The molecule has 2 aliphatic rings. The Bertz CT molecular complexity index is 289. The molecule has 0 aliphatic carbocycles. The van der Waals surface area contributed by atoms with Crippen molar-refractivity contribution in [3.8, 4) is 0 Å². The summed E-state index contributed by atoms with van der Waals surface area (Å²) in [6.45, 7) is 4.31. The molecule has 2 saturated heterocycles. The zero-order valence-corrected chi connectivity index (χ0v) is 10.6. The zero-order chi connectivity index (χ0) is 11.8. The summed E-state index contributed by atoms with van der Waals surface area (Å²) in [5, 5.41) is 9.63. The lowest BCUT2D eigenvalue weighted by atomic mass is 9.88. The fourth-order valence-corrected chi connectivity index (χ4v) is 2.82. The van der Waals surface area contributed by atoms with Gasteiger partial charge in [-0.25, -0.2) is 0 Å². The van der Waals surface area contributed by atoms with Gasteiger partial charge in [-0.05, 0) is 31.0 Å². The van der Waals surface area contributed by atoms with Gasteiger partial charge in [0.25, 0.3) is 0 Å². The number of ether oxygens (including phenoxy) is 1. The predicted molar refractivity (Wildman–Crippen MR) is 62.2 cm³/mol. The monoisotopic (exact) mass is 227 g/mol. The van der Waals surface area contributed by atoms with Crippen LogP contribution < -0.4 is 0 Å². The van der Waals surface area contributed by atoms with Crippen LogP contribution in [-0.2, 0) is 4.74 Å². The second-order valence-electron chi connectivity index (χ2n) is 5.19. The Balaban J connectivity index is 2.13. The highest BCUT2D eigenvalue weighted by Gasteiger charge is 2.49. The van der Waals surface area contributed by atoms with Gasteiger partial charge in [-0.3, -0.25) is 5.21 Å². The van der Waals surface area contributed by atoms with Gasteiger partial charge in [-0.15, -0.1) is 0 Å². The molecule has 4 nitrogen and oxygen atoms in total. The maximum Gasteiger partial charge on any atom is 0.235 e. The van der Waals surface area contributed by atoms with Gasteiger partial charge in [0.1, 0.15) is 6.10 Å². The second kappa shape index (κ2) is 4.34. The first-order valence-electron chi connectivity index (χ1n) is 6.21. The van der Waals surface area contributed by atoms with Crippen molar-refractivity contribution in [3.05, 3.63) is 0 Å². The molecular weight excluding hydrogens is 204 g/mol. The quantitative estimate of drug-likeness (QED) is 0.414. The lowest BCUT2D eigenvalue weighted by molar-refractivity contribution is -0.756. The van der Waals surface area contributed by atoms with Crippen LogP contribution in [0.15, 0.2) is 0 Å². The average molecular weight is 227 g/mol. The normalized spacial score (nSPS) is 33.3. The van der Waals surface area contributed by atoms with Crippen LogP contribution in [0.4, 0.5) is 0 Å². The summed E-state index contributed by atoms with van der Waals surface area (Å²) in [4.78, 5) is 2.34. The molecule has 0 aromatic carbocycles. The van der Waals surface area contributed by atoms with E-state index in [9.17, 15) is 5.21 Å². The van der Waals surface area contributed by atoms with Crippen molar-refractivity contribution in [1.29, 1.82) is 0 Å². The van der Waals surface area contributed by atoms with Gasteiger partial charge >= 0.3 is 0 Å². The van der Waals surface area contributed by atoms with Crippen molar-refractivity contribution in [1.82, 2.24) is 4.90 Å². The van der Waals surface area contributed by atoms with Gasteiger partial charge in [0, 0.05) is 13.1 Å². The zero-order valence-electron chi connectivity index (χ0n) is 10.6. The minimum absolute atomic E-state index is 0.000486. The van der Waals surface area contributed by atoms with Crippen molar-refractivity contribution in [2.75, 3.05) is 27.2 Å². The smallest absolute Gasteiger partial charge is 0.235 e. The SMILES string of the molecule is CCC1OC2(CCN(C)CC2)C/C1=[N+](\C)O. The molecule has 2 aliphatic heterocycles. The van der Waals surface area contributed by atoms with Crippen molar-refractivity contribution >= 4 is 5.71 Å². The number of hydroxylamine groups is 1. The summed E-state index contributed by atoms with van der Waals surface area (Å²) in [5.41, 5.74) is 1.05. The Kier molecular flexibility index (Phi) is 3.22. The number of piperidine rings is 1. The predicted octanol–water partition coefficient (Wildman–Crippen LogP) is 1.12. The molecule has 16 heavy (non-hydrogen) atoms. The van der Waals surface area contributed by atoms with Crippen LogP contribution in [0.2, 0.25) is 0 Å². The minimum Gasteiger partial charge on any atom is -0.360 e. The summed E-state index contributed by atoms with van der Waals surface area (Å²) in [6, 6.07) is 0. The molecule has 0 saturated carbocycles. The largest absolute Gasteiger partial charge is 0.360 e. The van der Waals surface area contributed by atoms with Crippen molar-refractivity contribution < 1.29 is 14.7 Å². The van der Waals surface area contributed by atoms with Crippen LogP contribution in [0, 0.1) is 0 Å². The highest BCUT2D eigenvalue weighted by atomic mass is 16.5. The molecule has 1 spiro atoms. The molecule has 1 atom stereocenters. The summed E-state index contributed by atoms with van der Waals surface area (Å²) < 4.78 is 7.46. The molecule has 0 aromatic rings. The van der Waals surface area contributed by atoms with Crippen LogP contribution in [0.3, 0.4) is 0 Å². The van der Waals surface area contributed by atoms with Gasteiger partial charge in [-0.1, -0.05) is 6.92 Å². The third-order valence-corrected chi connectivity index (χ3v) is 3.95.